The molecule has 0 fully saturated rings. The molecule has 3 aromatic carbocycles. The zero-order valence-electron chi connectivity index (χ0n) is 18.6. The van der Waals surface area contributed by atoms with Crippen LogP contribution in [0.2, 0.25) is 0 Å². The zero-order valence-corrected chi connectivity index (χ0v) is 20.2. The lowest BCUT2D eigenvalue weighted by Gasteiger charge is -2.32. The zero-order chi connectivity index (χ0) is 26.1. The summed E-state index contributed by atoms with van der Waals surface area (Å²) in [6.07, 6.45) is 1.70. The number of anilines is 2. The van der Waals surface area contributed by atoms with Gasteiger partial charge in [0.05, 0.1) is 0 Å². The summed E-state index contributed by atoms with van der Waals surface area (Å²) < 4.78 is 78.1. The molecule has 4 rings (SSSR count). The van der Waals surface area contributed by atoms with Gasteiger partial charge in [-0.1, -0.05) is 18.2 Å². The molecule has 1 aliphatic carbocycles. The van der Waals surface area contributed by atoms with E-state index in [2.05, 4.69) is 0 Å². The molecule has 0 saturated carbocycles. The van der Waals surface area contributed by atoms with Gasteiger partial charge in [0.1, 0.15) is 23.0 Å². The van der Waals surface area contributed by atoms with Gasteiger partial charge in [-0.3, -0.25) is 9.11 Å². The Labute approximate surface area is 208 Å². The lowest BCUT2D eigenvalue weighted by Crippen LogP contribution is -2.50. The Bertz CT molecular complexity index is 1510. The SMILES string of the molecule is Nc1ccc(OC2=CC=C(c3ccc(Oc4ccc(N)cc4)cc3)CC2(S(=O)(=O)O)S(=O)(=O)O)cc1. The van der Waals surface area contributed by atoms with Crippen LogP contribution in [0.3, 0.4) is 0 Å². The highest BCUT2D eigenvalue weighted by atomic mass is 32.3. The first-order chi connectivity index (χ1) is 16.9. The van der Waals surface area contributed by atoms with Crippen LogP contribution in [0.4, 0.5) is 11.4 Å². The topological polar surface area (TPSA) is 179 Å². The number of hydrogen-bond donors (Lipinski definition) is 4. The normalized spacial score (nSPS) is 15.5. The van der Waals surface area contributed by atoms with Crippen LogP contribution in [-0.4, -0.2) is 30.0 Å². The number of allylic oxidation sites excluding steroid dienone is 3. The van der Waals surface area contributed by atoms with Crippen molar-refractivity contribution in [3.05, 3.63) is 96.3 Å². The van der Waals surface area contributed by atoms with Crippen LogP contribution in [0.25, 0.3) is 5.57 Å². The summed E-state index contributed by atoms with van der Waals surface area (Å²) in [6.45, 7) is 0. The molecule has 10 nitrogen and oxygen atoms in total. The van der Waals surface area contributed by atoms with E-state index in [1.165, 1.54) is 30.3 Å². The summed E-state index contributed by atoms with van der Waals surface area (Å²) in [5, 5.41) is 0. The summed E-state index contributed by atoms with van der Waals surface area (Å²) in [7, 11) is -10.9. The Hall–Kier alpha value is -3.84. The molecule has 0 aromatic heterocycles. The monoisotopic (exact) mass is 530 g/mol. The summed E-state index contributed by atoms with van der Waals surface area (Å²) in [5.74, 6) is 0.356. The smallest absolute Gasteiger partial charge is 0.295 e. The molecule has 0 saturated heterocycles. The quantitative estimate of drug-likeness (QED) is 0.259. The van der Waals surface area contributed by atoms with Crippen molar-refractivity contribution in [2.75, 3.05) is 11.5 Å². The fourth-order valence-corrected chi connectivity index (χ4v) is 6.12. The Morgan fingerprint density at radius 2 is 1.06 bits per heavy atom. The van der Waals surface area contributed by atoms with Crippen LogP contribution in [0, 0.1) is 0 Å². The van der Waals surface area contributed by atoms with E-state index < -0.39 is 36.5 Å². The molecular formula is C24H22N2O8S2. The molecular weight excluding hydrogens is 508 g/mol. The molecule has 0 atom stereocenters. The molecule has 0 aliphatic heterocycles. The number of hydrogen-bond acceptors (Lipinski definition) is 8. The van der Waals surface area contributed by atoms with Crippen LogP contribution in [0.15, 0.2) is 90.7 Å². The highest BCUT2D eigenvalue weighted by Crippen LogP contribution is 2.44. The van der Waals surface area contributed by atoms with Crippen molar-refractivity contribution in [3.63, 3.8) is 0 Å². The second-order valence-electron chi connectivity index (χ2n) is 7.97. The van der Waals surface area contributed by atoms with Crippen LogP contribution in [0.5, 0.6) is 17.2 Å². The largest absolute Gasteiger partial charge is 0.459 e. The predicted octanol–water partition coefficient (Wildman–Crippen LogP) is 3.87. The third kappa shape index (κ3) is 4.93. The van der Waals surface area contributed by atoms with Gasteiger partial charge in [0.2, 0.25) is 0 Å². The highest BCUT2D eigenvalue weighted by Gasteiger charge is 2.60. The first-order valence-corrected chi connectivity index (χ1v) is 13.3. The molecule has 0 radical (unpaired) electrons. The second-order valence-corrected chi connectivity index (χ2v) is 11.5. The number of ether oxygens (including phenoxy) is 2. The van der Waals surface area contributed by atoms with Crippen molar-refractivity contribution in [3.8, 4) is 17.2 Å². The Morgan fingerprint density at radius 1 is 0.639 bits per heavy atom. The lowest BCUT2D eigenvalue weighted by atomic mass is 9.95. The minimum atomic E-state index is -5.45. The molecule has 12 heteroatoms. The number of rotatable bonds is 7. The van der Waals surface area contributed by atoms with Gasteiger partial charge < -0.3 is 20.9 Å². The minimum absolute atomic E-state index is 0.0492. The van der Waals surface area contributed by atoms with Gasteiger partial charge in [0.15, 0.2) is 0 Å². The molecule has 36 heavy (non-hydrogen) atoms. The fraction of sp³-hybridized carbons (Fsp3) is 0.0833. The molecule has 0 heterocycles. The van der Waals surface area contributed by atoms with Gasteiger partial charge in [-0.25, -0.2) is 0 Å². The van der Waals surface area contributed by atoms with Crippen molar-refractivity contribution in [2.45, 2.75) is 10.5 Å². The summed E-state index contributed by atoms with van der Waals surface area (Å²) in [5.41, 5.74) is 12.9. The van der Waals surface area contributed by atoms with Crippen LogP contribution >= 0.6 is 0 Å². The van der Waals surface area contributed by atoms with E-state index in [0.717, 1.165) is 6.08 Å². The van der Waals surface area contributed by atoms with Crippen LogP contribution in [0.1, 0.15) is 12.0 Å². The van der Waals surface area contributed by atoms with Gasteiger partial charge in [-0.2, -0.15) is 16.8 Å². The number of benzene rings is 3. The van der Waals surface area contributed by atoms with Crippen LogP contribution < -0.4 is 20.9 Å². The van der Waals surface area contributed by atoms with E-state index in [1.54, 1.807) is 48.5 Å². The molecule has 1 aliphatic rings. The maximum absolute atomic E-state index is 12.5. The van der Waals surface area contributed by atoms with Gasteiger partial charge in [-0.15, -0.1) is 0 Å². The number of nitrogen functional groups attached to an aromatic ring is 2. The average molecular weight is 531 g/mol. The average Bonchev–Trinajstić information content (AvgIpc) is 2.81. The van der Waals surface area contributed by atoms with E-state index in [9.17, 15) is 25.9 Å². The summed E-state index contributed by atoms with van der Waals surface area (Å²) >= 11 is 0. The Balaban J connectivity index is 1.71. The fourth-order valence-electron chi connectivity index (χ4n) is 3.65. The third-order valence-electron chi connectivity index (χ3n) is 5.52. The third-order valence-corrected chi connectivity index (χ3v) is 9.14. The molecule has 188 valence electrons. The standard InChI is InChI=1S/C24H22N2O8S2/c25-18-4-10-21(11-5-18)33-20-8-1-16(2-9-20)17-3-14-23(34-22-12-6-19(26)7-13-22)24(15-17,35(27,28)29)36(30,31)32/h1-14H,15,25-26H2,(H,27,28,29)(H,30,31,32). The summed E-state index contributed by atoms with van der Waals surface area (Å²) in [4.78, 5) is 0. The van der Waals surface area contributed by atoms with Gasteiger partial charge in [0.25, 0.3) is 24.3 Å². The number of nitrogens with two attached hydrogens (primary N) is 2. The molecule has 0 unspecified atom stereocenters. The van der Waals surface area contributed by atoms with Crippen molar-refractivity contribution >= 4 is 37.2 Å². The molecule has 0 amide bonds. The predicted molar refractivity (Wildman–Crippen MR) is 135 cm³/mol. The van der Waals surface area contributed by atoms with E-state index in [-0.39, 0.29) is 11.3 Å². The van der Waals surface area contributed by atoms with E-state index in [0.29, 0.717) is 28.4 Å². The van der Waals surface area contributed by atoms with Crippen molar-refractivity contribution in [1.82, 2.24) is 0 Å². The highest BCUT2D eigenvalue weighted by molar-refractivity contribution is 8.05. The van der Waals surface area contributed by atoms with Gasteiger partial charge in [-0.05, 0) is 77.9 Å². The minimum Gasteiger partial charge on any atom is -0.459 e. The van der Waals surface area contributed by atoms with Gasteiger partial charge in [0, 0.05) is 17.8 Å². The van der Waals surface area contributed by atoms with Crippen molar-refractivity contribution in [2.24, 2.45) is 0 Å². The van der Waals surface area contributed by atoms with Crippen molar-refractivity contribution < 1.29 is 35.4 Å². The summed E-state index contributed by atoms with van der Waals surface area (Å²) in [6, 6.07) is 18.8. The van der Waals surface area contributed by atoms with E-state index in [4.69, 9.17) is 20.9 Å². The maximum Gasteiger partial charge on any atom is 0.295 e. The first-order valence-electron chi connectivity index (χ1n) is 10.4. The van der Waals surface area contributed by atoms with E-state index in [1.807, 2.05) is 0 Å². The maximum atomic E-state index is 12.5. The molecule has 6 N–H and O–H groups in total. The van der Waals surface area contributed by atoms with Crippen LogP contribution in [-0.2, 0) is 20.2 Å². The Kier molecular flexibility index (Phi) is 6.54. The molecule has 0 spiro atoms. The second kappa shape index (κ2) is 9.32. The first kappa shape index (κ1) is 25.3. The lowest BCUT2D eigenvalue weighted by molar-refractivity contribution is 0.356. The van der Waals surface area contributed by atoms with Gasteiger partial charge >= 0.3 is 0 Å². The van der Waals surface area contributed by atoms with E-state index >= 15 is 0 Å². The Morgan fingerprint density at radius 3 is 1.50 bits per heavy atom. The molecule has 0 bridgehead atoms. The van der Waals surface area contributed by atoms with Crippen molar-refractivity contribution in [1.29, 1.82) is 0 Å². The molecule has 3 aromatic rings.